The summed E-state index contributed by atoms with van der Waals surface area (Å²) in [7, 11) is -10.0. The summed E-state index contributed by atoms with van der Waals surface area (Å²) in [6, 6.07) is 0. The number of carbonyl (C=O) groups is 4. The minimum atomic E-state index is -5.01. The Kier molecular flexibility index (Phi) is 74.8. The van der Waals surface area contributed by atoms with E-state index in [0.29, 0.717) is 38.5 Å². The summed E-state index contributed by atoms with van der Waals surface area (Å²) in [6.45, 7) is 4.66. The van der Waals surface area contributed by atoms with E-state index in [-0.39, 0.29) is 25.7 Å². The normalized spacial score (nSPS) is 14.5. The Hall–Kier alpha value is -4.80. The van der Waals surface area contributed by atoms with Crippen LogP contribution in [-0.2, 0) is 65.4 Å². The summed E-state index contributed by atoms with van der Waals surface area (Å²) in [5, 5.41) is 10.7. The van der Waals surface area contributed by atoms with E-state index in [1.807, 2.05) is 30.4 Å². The average molecular weight is 1530 g/mol. The third-order valence-electron chi connectivity index (χ3n) is 17.1. The van der Waals surface area contributed by atoms with Gasteiger partial charge in [0.25, 0.3) is 0 Å². The highest BCUT2D eigenvalue weighted by atomic mass is 31.2. The van der Waals surface area contributed by atoms with Crippen molar-refractivity contribution >= 4 is 39.5 Å². The number of carbonyl (C=O) groups excluding carboxylic acids is 4. The second kappa shape index (κ2) is 78.3. The molecule has 0 aliphatic carbocycles. The molecule has 0 rings (SSSR count). The largest absolute Gasteiger partial charge is 0.472 e. The quantitative estimate of drug-likeness (QED) is 0.0169. The molecule has 106 heavy (non-hydrogen) atoms. The van der Waals surface area contributed by atoms with Gasteiger partial charge in [0.1, 0.15) is 19.3 Å². The van der Waals surface area contributed by atoms with E-state index >= 15 is 0 Å². The summed E-state index contributed by atoms with van der Waals surface area (Å²) in [6.07, 6.45) is 88.7. The number of aliphatic hydroxyl groups excluding tert-OH is 1. The Balaban J connectivity index is 5.49. The number of phosphoric acid groups is 2. The second-order valence-corrected chi connectivity index (χ2v) is 30.3. The SMILES string of the molecule is CCCCC/C=C\C/C=C\C/C=C\C/C=C\C/C=C\CCC(=O)O[C@H](COC(=O)CCCCCCC/C=C\CCCCCCCC)COP(=O)(O)OC[C@H](O)COP(=O)(O)OC[C@@H](COC(=O)CCC/C=C\C/C=C\C/C=C\C/C=C\CCCCC)OC(=O)CCCCCCCCC/C=C\CCCCCC. The van der Waals surface area contributed by atoms with Crippen molar-refractivity contribution in [2.24, 2.45) is 0 Å². The first kappa shape index (κ1) is 101. The molecule has 0 spiro atoms. The van der Waals surface area contributed by atoms with E-state index in [1.54, 1.807) is 0 Å². The van der Waals surface area contributed by atoms with Crippen LogP contribution in [0.5, 0.6) is 0 Å². The first-order valence-electron chi connectivity index (χ1n) is 41.4. The summed E-state index contributed by atoms with van der Waals surface area (Å²) in [4.78, 5) is 73.1. The Bertz CT molecular complexity index is 2530. The smallest absolute Gasteiger partial charge is 0.462 e. The molecule has 17 nitrogen and oxygen atoms in total. The molecule has 0 aromatic rings. The van der Waals surface area contributed by atoms with E-state index in [9.17, 15) is 43.2 Å². The van der Waals surface area contributed by atoms with Crippen molar-refractivity contribution < 1.29 is 80.2 Å². The molecular weight excluding hydrogens is 1380 g/mol. The molecule has 0 aromatic heterocycles. The Labute approximate surface area is 644 Å². The van der Waals surface area contributed by atoms with Crippen LogP contribution in [-0.4, -0.2) is 96.7 Å². The van der Waals surface area contributed by atoms with Gasteiger partial charge in [-0.3, -0.25) is 37.3 Å². The molecule has 0 bridgehead atoms. The minimum Gasteiger partial charge on any atom is -0.462 e. The monoisotopic (exact) mass is 1530 g/mol. The van der Waals surface area contributed by atoms with E-state index in [1.165, 1.54) is 103 Å². The molecule has 3 N–H and O–H groups in total. The first-order chi connectivity index (χ1) is 51.7. The molecule has 0 saturated heterocycles. The maximum atomic E-state index is 13.1. The molecule has 0 radical (unpaired) electrons. The van der Waals surface area contributed by atoms with Crippen LogP contribution in [0, 0.1) is 0 Å². The maximum absolute atomic E-state index is 13.1. The van der Waals surface area contributed by atoms with Gasteiger partial charge in [-0.1, -0.05) is 290 Å². The van der Waals surface area contributed by atoms with Gasteiger partial charge in [0, 0.05) is 25.7 Å². The number of phosphoric ester groups is 2. The van der Waals surface area contributed by atoms with Gasteiger partial charge in [0.15, 0.2) is 12.2 Å². The lowest BCUT2D eigenvalue weighted by Crippen LogP contribution is -2.30. The predicted molar refractivity (Wildman–Crippen MR) is 436 cm³/mol. The number of esters is 4. The molecule has 19 heteroatoms. The van der Waals surface area contributed by atoms with Crippen LogP contribution >= 0.6 is 15.6 Å². The summed E-state index contributed by atoms with van der Waals surface area (Å²) in [5.41, 5.74) is 0. The zero-order valence-corrected chi connectivity index (χ0v) is 68.4. The standard InChI is InChI=1S/C87H148O17P2/c1-5-9-13-17-21-25-29-33-37-39-40-42-46-50-54-58-62-66-70-74-87(92)104-83(77-97-84(89)71-67-63-59-55-51-47-43-35-31-27-23-19-15-11-7-3)80-102-106(95,96)100-76-81(88)75-99-105(93,94)101-79-82(103-86(91)73-69-65-61-57-53-49-44-36-32-28-24-20-16-12-8-4)78-98-85(90)72-68-64-60-56-52-48-45-41-38-34-30-26-22-18-14-10-6-2/h21-22,25-26,28,32-35,37-38,40,42-43,45,48,50,54,56,60,62,66,81-83,88H,5-20,23-24,27,29-31,36,39,41,44,46-47,49,51-53,55,57-59,61,63-65,67-80H2,1-4H3,(H,93,94)(H,95,96)/b25-21-,26-22-,32-28-,37-33-,38-34-,42-40-,43-35-,48-45-,54-50-,60-56-,66-62-/t81-,82-,83-/m1/s1. The van der Waals surface area contributed by atoms with Crippen LogP contribution in [0.4, 0.5) is 0 Å². The Morgan fingerprint density at radius 2 is 0.491 bits per heavy atom. The van der Waals surface area contributed by atoms with Crippen LogP contribution < -0.4 is 0 Å². The van der Waals surface area contributed by atoms with E-state index in [2.05, 4.69) is 131 Å². The highest BCUT2D eigenvalue weighted by Gasteiger charge is 2.30. The number of unbranched alkanes of at least 4 members (excludes halogenated alkanes) is 29. The van der Waals surface area contributed by atoms with Gasteiger partial charge in [-0.15, -0.1) is 0 Å². The number of rotatable bonds is 77. The van der Waals surface area contributed by atoms with Crippen LogP contribution in [0.2, 0.25) is 0 Å². The van der Waals surface area contributed by atoms with Crippen LogP contribution in [0.1, 0.15) is 336 Å². The van der Waals surface area contributed by atoms with Crippen molar-refractivity contribution in [2.45, 2.75) is 354 Å². The zero-order chi connectivity index (χ0) is 77.4. The predicted octanol–water partition coefficient (Wildman–Crippen LogP) is 24.4. The fourth-order valence-electron chi connectivity index (χ4n) is 10.7. The van der Waals surface area contributed by atoms with E-state index < -0.39 is 97.5 Å². The summed E-state index contributed by atoms with van der Waals surface area (Å²) in [5.74, 6) is -2.35. The second-order valence-electron chi connectivity index (χ2n) is 27.3. The number of hydrogen-bond acceptors (Lipinski definition) is 15. The van der Waals surface area contributed by atoms with Gasteiger partial charge < -0.3 is 33.8 Å². The molecule has 5 atom stereocenters. The summed E-state index contributed by atoms with van der Waals surface area (Å²) < 4.78 is 68.5. The van der Waals surface area contributed by atoms with E-state index in [0.717, 1.165) is 141 Å². The molecular formula is C87H148O17P2. The molecule has 0 heterocycles. The Morgan fingerprint density at radius 1 is 0.264 bits per heavy atom. The van der Waals surface area contributed by atoms with Gasteiger partial charge in [-0.25, -0.2) is 9.13 Å². The van der Waals surface area contributed by atoms with Crippen molar-refractivity contribution in [3.05, 3.63) is 134 Å². The van der Waals surface area contributed by atoms with Gasteiger partial charge in [0.2, 0.25) is 0 Å². The lowest BCUT2D eigenvalue weighted by molar-refractivity contribution is -0.161. The van der Waals surface area contributed by atoms with Crippen LogP contribution in [0.15, 0.2) is 134 Å². The lowest BCUT2D eigenvalue weighted by Gasteiger charge is -2.21. The van der Waals surface area contributed by atoms with Gasteiger partial charge >= 0.3 is 39.5 Å². The average Bonchev–Trinajstić information content (AvgIpc) is 0.908. The Morgan fingerprint density at radius 3 is 0.840 bits per heavy atom. The molecule has 0 fully saturated rings. The highest BCUT2D eigenvalue weighted by Crippen LogP contribution is 2.45. The molecule has 0 aliphatic rings. The first-order valence-corrected chi connectivity index (χ1v) is 44.4. The number of aliphatic hydroxyl groups is 1. The fraction of sp³-hybridized carbons (Fsp3) is 0.701. The van der Waals surface area contributed by atoms with E-state index in [4.69, 9.17) is 37.0 Å². The molecule has 0 saturated carbocycles. The fourth-order valence-corrected chi connectivity index (χ4v) is 12.3. The van der Waals surface area contributed by atoms with Crippen LogP contribution in [0.25, 0.3) is 0 Å². The molecule has 0 aliphatic heterocycles. The lowest BCUT2D eigenvalue weighted by atomic mass is 10.1. The number of ether oxygens (including phenoxy) is 4. The number of hydrogen-bond donors (Lipinski definition) is 3. The van der Waals surface area contributed by atoms with Crippen molar-refractivity contribution in [3.8, 4) is 0 Å². The van der Waals surface area contributed by atoms with Crippen LogP contribution in [0.3, 0.4) is 0 Å². The topological polar surface area (TPSA) is 237 Å². The van der Waals surface area contributed by atoms with Crippen molar-refractivity contribution in [3.63, 3.8) is 0 Å². The third-order valence-corrected chi connectivity index (χ3v) is 19.0. The molecule has 2 unspecified atom stereocenters. The zero-order valence-electron chi connectivity index (χ0n) is 66.6. The highest BCUT2D eigenvalue weighted by molar-refractivity contribution is 7.47. The molecule has 608 valence electrons. The third kappa shape index (κ3) is 77.4. The molecule has 0 aromatic carbocycles. The van der Waals surface area contributed by atoms with Gasteiger partial charge in [0.05, 0.1) is 26.4 Å². The minimum absolute atomic E-state index is 0.0335. The van der Waals surface area contributed by atoms with Crippen molar-refractivity contribution in [2.75, 3.05) is 39.6 Å². The summed E-state index contributed by atoms with van der Waals surface area (Å²) >= 11 is 0. The van der Waals surface area contributed by atoms with Gasteiger partial charge in [-0.05, 0) is 154 Å². The van der Waals surface area contributed by atoms with Crippen molar-refractivity contribution in [1.82, 2.24) is 0 Å². The molecule has 0 amide bonds. The van der Waals surface area contributed by atoms with Crippen molar-refractivity contribution in [1.29, 1.82) is 0 Å². The maximum Gasteiger partial charge on any atom is 0.472 e. The van der Waals surface area contributed by atoms with Gasteiger partial charge in [-0.2, -0.15) is 0 Å². The number of allylic oxidation sites excluding steroid dienone is 22.